The van der Waals surface area contributed by atoms with Crippen molar-refractivity contribution in [1.29, 1.82) is 0 Å². The molecule has 214 valence electrons. The Morgan fingerprint density at radius 1 is 0.769 bits per heavy atom. The van der Waals surface area contributed by atoms with Gasteiger partial charge in [-0.25, -0.2) is 0 Å². The molecule has 0 spiro atoms. The Morgan fingerprint density at radius 3 is 1.74 bits per heavy atom. The van der Waals surface area contributed by atoms with Crippen molar-refractivity contribution in [3.63, 3.8) is 0 Å². The van der Waals surface area contributed by atoms with Crippen LogP contribution in [0.3, 0.4) is 0 Å². The summed E-state index contributed by atoms with van der Waals surface area (Å²) in [6.45, 7) is 6.12. The molecular formula is C27H35F6N5Sn. The van der Waals surface area contributed by atoms with Gasteiger partial charge in [0, 0.05) is 0 Å². The first kappa shape index (κ1) is 31.3. The van der Waals surface area contributed by atoms with Crippen LogP contribution in [0.1, 0.15) is 76.0 Å². The first-order valence-corrected chi connectivity index (χ1v) is 20.9. The summed E-state index contributed by atoms with van der Waals surface area (Å²) >= 11 is -3.24. The van der Waals surface area contributed by atoms with Gasteiger partial charge in [0.25, 0.3) is 0 Å². The van der Waals surface area contributed by atoms with Crippen LogP contribution in [-0.2, 0) is 18.9 Å². The van der Waals surface area contributed by atoms with Crippen LogP contribution in [0.2, 0.25) is 13.3 Å². The molecule has 0 amide bonds. The van der Waals surface area contributed by atoms with Crippen molar-refractivity contribution in [1.82, 2.24) is 25.0 Å². The SMILES string of the molecule is CCC[CH2][Sn]([CH2]CCC)([CH2]CCC)[c]1nnn(Cc2cc(C(F)(F)F)cc(C(F)(F)F)c2)c1-c1cnccn1. The summed E-state index contributed by atoms with van der Waals surface area (Å²) in [5.74, 6) is 0. The third-order valence-electron chi connectivity index (χ3n) is 7.05. The Hall–Kier alpha value is -2.18. The maximum atomic E-state index is 13.5. The summed E-state index contributed by atoms with van der Waals surface area (Å²) in [5.41, 5.74) is -1.80. The van der Waals surface area contributed by atoms with E-state index in [1.165, 1.54) is 17.1 Å². The van der Waals surface area contributed by atoms with E-state index in [1.807, 2.05) is 0 Å². The van der Waals surface area contributed by atoms with Gasteiger partial charge in [0.2, 0.25) is 0 Å². The van der Waals surface area contributed by atoms with Gasteiger partial charge in [0.1, 0.15) is 0 Å². The molecule has 0 unspecified atom stereocenters. The van der Waals surface area contributed by atoms with Crippen molar-refractivity contribution < 1.29 is 26.3 Å². The predicted octanol–water partition coefficient (Wildman–Crippen LogP) is 7.88. The van der Waals surface area contributed by atoms with Gasteiger partial charge in [-0.1, -0.05) is 0 Å². The molecule has 0 atom stereocenters. The van der Waals surface area contributed by atoms with E-state index in [0.717, 1.165) is 67.7 Å². The Bertz CT molecular complexity index is 1140. The summed E-state index contributed by atoms with van der Waals surface area (Å²) in [7, 11) is 0. The Balaban J connectivity index is 2.22. The summed E-state index contributed by atoms with van der Waals surface area (Å²) in [4.78, 5) is 8.65. The normalized spacial score (nSPS) is 12.7. The van der Waals surface area contributed by atoms with E-state index in [9.17, 15) is 26.3 Å². The van der Waals surface area contributed by atoms with Gasteiger partial charge >= 0.3 is 230 Å². The van der Waals surface area contributed by atoms with Crippen molar-refractivity contribution in [3.05, 3.63) is 53.5 Å². The van der Waals surface area contributed by atoms with Gasteiger partial charge in [-0.2, -0.15) is 0 Å². The number of hydrogen-bond acceptors (Lipinski definition) is 4. The van der Waals surface area contributed by atoms with Crippen LogP contribution in [0.15, 0.2) is 36.8 Å². The number of halogens is 6. The maximum absolute atomic E-state index is 13.5. The average Bonchev–Trinajstić information content (AvgIpc) is 3.31. The van der Waals surface area contributed by atoms with E-state index in [4.69, 9.17) is 0 Å². The van der Waals surface area contributed by atoms with Crippen LogP contribution in [-0.4, -0.2) is 43.3 Å². The molecule has 12 heteroatoms. The van der Waals surface area contributed by atoms with Crippen molar-refractivity contribution in [3.8, 4) is 11.4 Å². The standard InChI is InChI=1S/C15H8F6N5.3C4H9.Sn/c16-14(17,18)10-3-9(4-11(5-10)15(19,20)21)8-26-13(7-24-25-26)12-6-22-1-2-23-12;3*1-3-4-2;/h1-6H,8H2;3*1,3-4H2,2H3;. The van der Waals surface area contributed by atoms with Crippen LogP contribution in [0, 0.1) is 0 Å². The quantitative estimate of drug-likeness (QED) is 0.138. The van der Waals surface area contributed by atoms with Gasteiger partial charge in [-0.15, -0.1) is 0 Å². The summed E-state index contributed by atoms with van der Waals surface area (Å²) in [5, 5.41) is 9.01. The molecule has 3 aromatic rings. The minimum atomic E-state index is -4.93. The fourth-order valence-corrected chi connectivity index (χ4v) is 20.9. The number of nitrogens with zero attached hydrogens (tertiary/aromatic N) is 5. The van der Waals surface area contributed by atoms with Crippen LogP contribution in [0.4, 0.5) is 26.3 Å². The van der Waals surface area contributed by atoms with Gasteiger partial charge < -0.3 is 0 Å². The Kier molecular flexibility index (Phi) is 10.8. The Labute approximate surface area is 229 Å². The third-order valence-corrected chi connectivity index (χ3v) is 22.1. The number of aromatic nitrogens is 5. The molecule has 2 heterocycles. The number of unbranched alkanes of at least 4 members (excludes halogenated alkanes) is 3. The van der Waals surface area contributed by atoms with Crippen LogP contribution in [0.25, 0.3) is 11.4 Å². The first-order chi connectivity index (χ1) is 18.4. The molecule has 2 aromatic heterocycles. The summed E-state index contributed by atoms with van der Waals surface area (Å²) in [6, 6.07) is 1.64. The molecule has 0 aliphatic heterocycles. The molecule has 5 nitrogen and oxygen atoms in total. The molecule has 0 aliphatic rings. The van der Waals surface area contributed by atoms with Crippen LogP contribution >= 0.6 is 0 Å². The molecule has 0 aliphatic carbocycles. The number of benzene rings is 1. The van der Waals surface area contributed by atoms with Gasteiger partial charge in [0.05, 0.1) is 0 Å². The minimum absolute atomic E-state index is 0.140. The molecule has 0 bridgehead atoms. The topological polar surface area (TPSA) is 56.5 Å². The van der Waals surface area contributed by atoms with Crippen LogP contribution < -0.4 is 3.71 Å². The number of rotatable bonds is 13. The predicted molar refractivity (Wildman–Crippen MR) is 141 cm³/mol. The fraction of sp³-hybridized carbons (Fsp3) is 0.556. The zero-order valence-corrected chi connectivity index (χ0v) is 25.4. The third kappa shape index (κ3) is 7.94. The van der Waals surface area contributed by atoms with Crippen molar-refractivity contribution in [2.45, 2.75) is 91.5 Å². The Morgan fingerprint density at radius 2 is 1.31 bits per heavy atom. The molecule has 1 aromatic carbocycles. The second kappa shape index (κ2) is 13.5. The van der Waals surface area contributed by atoms with Crippen molar-refractivity contribution in [2.75, 3.05) is 0 Å². The molecule has 0 saturated carbocycles. The molecule has 0 fully saturated rings. The van der Waals surface area contributed by atoms with E-state index in [2.05, 4.69) is 41.1 Å². The molecule has 3 rings (SSSR count). The second-order valence-electron chi connectivity index (χ2n) is 10.0. The van der Waals surface area contributed by atoms with E-state index in [-0.39, 0.29) is 18.2 Å². The zero-order chi connectivity index (χ0) is 28.7. The van der Waals surface area contributed by atoms with E-state index >= 15 is 0 Å². The van der Waals surface area contributed by atoms with Gasteiger partial charge in [-0.05, 0) is 0 Å². The van der Waals surface area contributed by atoms with E-state index in [0.29, 0.717) is 11.4 Å². The second-order valence-corrected chi connectivity index (χ2v) is 23.0. The molecule has 0 N–H and O–H groups in total. The zero-order valence-electron chi connectivity index (χ0n) is 22.5. The molecule has 0 saturated heterocycles. The molecular weight excluding hydrogens is 627 g/mol. The van der Waals surface area contributed by atoms with Crippen molar-refractivity contribution >= 4 is 22.1 Å². The molecule has 39 heavy (non-hydrogen) atoms. The average molecular weight is 662 g/mol. The van der Waals surface area contributed by atoms with Gasteiger partial charge in [-0.3, -0.25) is 0 Å². The van der Waals surface area contributed by atoms with Crippen LogP contribution in [0.5, 0.6) is 0 Å². The van der Waals surface area contributed by atoms with E-state index < -0.39 is 41.9 Å². The monoisotopic (exact) mass is 663 g/mol. The van der Waals surface area contributed by atoms with Crippen molar-refractivity contribution in [2.24, 2.45) is 0 Å². The molecule has 0 radical (unpaired) electrons. The summed E-state index contributed by atoms with van der Waals surface area (Å²) < 4.78 is 86.6. The van der Waals surface area contributed by atoms with Gasteiger partial charge in [0.15, 0.2) is 0 Å². The fourth-order valence-electron chi connectivity index (χ4n) is 5.02. The number of alkyl halides is 6. The first-order valence-electron chi connectivity index (χ1n) is 13.4. The number of hydrogen-bond donors (Lipinski definition) is 0. The van der Waals surface area contributed by atoms with E-state index in [1.54, 1.807) is 6.20 Å². The summed E-state index contributed by atoms with van der Waals surface area (Å²) in [6.07, 6.45) is 0.929.